The van der Waals surface area contributed by atoms with Crippen molar-refractivity contribution in [2.24, 2.45) is 0 Å². The molecule has 6 heteroatoms. The molecule has 6 nitrogen and oxygen atoms in total. The predicted octanol–water partition coefficient (Wildman–Crippen LogP) is 3.49. The third-order valence-corrected chi connectivity index (χ3v) is 3.26. The first kappa shape index (κ1) is 16.7. The van der Waals surface area contributed by atoms with Gasteiger partial charge >= 0.3 is 0 Å². The van der Waals surface area contributed by atoms with Crippen LogP contribution in [0, 0.1) is 6.92 Å². The molecule has 2 rings (SSSR count). The van der Waals surface area contributed by atoms with Crippen molar-refractivity contribution in [1.29, 1.82) is 0 Å². The molecule has 1 aromatic heterocycles. The van der Waals surface area contributed by atoms with Gasteiger partial charge in [-0.1, -0.05) is 25.9 Å². The number of benzene rings is 1. The highest BCUT2D eigenvalue weighted by molar-refractivity contribution is 6.06. The number of amides is 2. The van der Waals surface area contributed by atoms with Crippen molar-refractivity contribution in [3.63, 3.8) is 0 Å². The lowest BCUT2D eigenvalue weighted by atomic mass is 9.88. The third-order valence-electron chi connectivity index (χ3n) is 3.26. The molecule has 23 heavy (non-hydrogen) atoms. The average Bonchev–Trinajstić information content (AvgIpc) is 2.82. The summed E-state index contributed by atoms with van der Waals surface area (Å²) in [4.78, 5) is 23.5. The number of rotatable bonds is 3. The van der Waals surface area contributed by atoms with Crippen molar-refractivity contribution >= 4 is 23.2 Å². The van der Waals surface area contributed by atoms with Crippen LogP contribution in [0.1, 0.15) is 49.5 Å². The van der Waals surface area contributed by atoms with Crippen LogP contribution < -0.4 is 10.6 Å². The first-order chi connectivity index (χ1) is 10.7. The van der Waals surface area contributed by atoms with Crippen LogP contribution in [-0.4, -0.2) is 17.0 Å². The number of hydrogen-bond acceptors (Lipinski definition) is 4. The number of hydrogen-bond donors (Lipinski definition) is 2. The zero-order chi connectivity index (χ0) is 17.2. The SMILES string of the molecule is CC(=O)Nc1ccc(NC(=O)c2c(C(C)(C)C)noc2C)cc1. The number of aryl methyl sites for hydroxylation is 1. The molecule has 0 spiro atoms. The van der Waals surface area contributed by atoms with E-state index in [1.165, 1.54) is 6.92 Å². The molecule has 2 amide bonds. The zero-order valence-electron chi connectivity index (χ0n) is 14.0. The second-order valence-electron chi connectivity index (χ2n) is 6.43. The molecule has 0 aliphatic heterocycles. The summed E-state index contributed by atoms with van der Waals surface area (Å²) in [5, 5.41) is 9.51. The van der Waals surface area contributed by atoms with Gasteiger partial charge in [0, 0.05) is 23.7 Å². The number of nitrogens with zero attached hydrogens (tertiary/aromatic N) is 1. The molecule has 0 aliphatic carbocycles. The lowest BCUT2D eigenvalue weighted by Crippen LogP contribution is -2.21. The van der Waals surface area contributed by atoms with Gasteiger partial charge in [0.2, 0.25) is 5.91 Å². The maximum absolute atomic E-state index is 12.5. The fraction of sp³-hybridized carbons (Fsp3) is 0.353. The normalized spacial score (nSPS) is 11.2. The quantitative estimate of drug-likeness (QED) is 0.908. The smallest absolute Gasteiger partial charge is 0.261 e. The van der Waals surface area contributed by atoms with Crippen LogP contribution in [0.3, 0.4) is 0 Å². The predicted molar refractivity (Wildman–Crippen MR) is 88.6 cm³/mol. The first-order valence-corrected chi connectivity index (χ1v) is 7.34. The minimum Gasteiger partial charge on any atom is -0.361 e. The maximum atomic E-state index is 12.5. The molecule has 0 unspecified atom stereocenters. The Kier molecular flexibility index (Phi) is 4.54. The third kappa shape index (κ3) is 3.97. The summed E-state index contributed by atoms with van der Waals surface area (Å²) in [5.41, 5.74) is 2.10. The van der Waals surface area contributed by atoms with Gasteiger partial charge in [-0.05, 0) is 31.2 Å². The molecule has 1 aromatic carbocycles. The molecule has 0 radical (unpaired) electrons. The second-order valence-corrected chi connectivity index (χ2v) is 6.43. The fourth-order valence-electron chi connectivity index (χ4n) is 2.19. The van der Waals surface area contributed by atoms with E-state index in [0.29, 0.717) is 28.4 Å². The van der Waals surface area contributed by atoms with Crippen molar-refractivity contribution in [3.8, 4) is 0 Å². The van der Waals surface area contributed by atoms with Crippen molar-refractivity contribution in [1.82, 2.24) is 5.16 Å². The van der Waals surface area contributed by atoms with Crippen LogP contribution in [0.15, 0.2) is 28.8 Å². The first-order valence-electron chi connectivity index (χ1n) is 7.34. The molecule has 0 aliphatic rings. The van der Waals surface area contributed by atoms with Gasteiger partial charge in [-0.2, -0.15) is 0 Å². The van der Waals surface area contributed by atoms with E-state index in [1.54, 1.807) is 31.2 Å². The Hall–Kier alpha value is -2.63. The van der Waals surface area contributed by atoms with Crippen molar-refractivity contribution in [3.05, 3.63) is 41.3 Å². The molecule has 0 saturated carbocycles. The van der Waals surface area contributed by atoms with Gasteiger partial charge in [-0.15, -0.1) is 0 Å². The summed E-state index contributed by atoms with van der Waals surface area (Å²) in [6.45, 7) is 9.09. The highest BCUT2D eigenvalue weighted by atomic mass is 16.5. The highest BCUT2D eigenvalue weighted by Crippen LogP contribution is 2.27. The monoisotopic (exact) mass is 315 g/mol. The minimum absolute atomic E-state index is 0.142. The number of nitrogens with one attached hydrogen (secondary N) is 2. The summed E-state index contributed by atoms with van der Waals surface area (Å²) in [6.07, 6.45) is 0. The Morgan fingerprint density at radius 1 is 1.04 bits per heavy atom. The molecule has 0 saturated heterocycles. The van der Waals surface area contributed by atoms with E-state index in [9.17, 15) is 9.59 Å². The lowest BCUT2D eigenvalue weighted by molar-refractivity contribution is -0.114. The molecule has 0 atom stereocenters. The summed E-state index contributed by atoms with van der Waals surface area (Å²) < 4.78 is 5.19. The van der Waals surface area contributed by atoms with Crippen molar-refractivity contribution < 1.29 is 14.1 Å². The Morgan fingerprint density at radius 3 is 2.04 bits per heavy atom. The van der Waals surface area contributed by atoms with Crippen molar-refractivity contribution in [2.75, 3.05) is 10.6 Å². The average molecular weight is 315 g/mol. The fourth-order valence-corrected chi connectivity index (χ4v) is 2.19. The number of carbonyl (C=O) groups is 2. The number of aromatic nitrogens is 1. The summed E-state index contributed by atoms with van der Waals surface area (Å²) >= 11 is 0. The summed E-state index contributed by atoms with van der Waals surface area (Å²) in [6, 6.07) is 6.90. The van der Waals surface area contributed by atoms with Gasteiger partial charge in [-0.3, -0.25) is 9.59 Å². The van der Waals surface area contributed by atoms with Gasteiger partial charge in [0.1, 0.15) is 17.0 Å². The number of anilines is 2. The molecule has 0 fully saturated rings. The van der Waals surface area contributed by atoms with Crippen LogP contribution in [0.5, 0.6) is 0 Å². The van der Waals surface area contributed by atoms with Gasteiger partial charge < -0.3 is 15.2 Å². The largest absolute Gasteiger partial charge is 0.361 e. The highest BCUT2D eigenvalue weighted by Gasteiger charge is 2.28. The number of carbonyl (C=O) groups excluding carboxylic acids is 2. The minimum atomic E-state index is -0.292. The van der Waals surface area contributed by atoms with E-state index in [4.69, 9.17) is 4.52 Å². The molecule has 0 bridgehead atoms. The standard InChI is InChI=1S/C17H21N3O3/c1-10-14(15(20-23-10)17(3,4)5)16(22)19-13-8-6-12(7-9-13)18-11(2)21/h6-9H,1-5H3,(H,18,21)(H,19,22). The molecule has 122 valence electrons. The second kappa shape index (κ2) is 6.24. The molecule has 2 aromatic rings. The summed E-state index contributed by atoms with van der Waals surface area (Å²) in [7, 11) is 0. The van der Waals surface area contributed by atoms with E-state index in [-0.39, 0.29) is 17.2 Å². The van der Waals surface area contributed by atoms with Gasteiger partial charge in [0.25, 0.3) is 5.91 Å². The summed E-state index contributed by atoms with van der Waals surface area (Å²) in [5.74, 6) is 0.0833. The Bertz CT molecular complexity index is 725. The van der Waals surface area contributed by atoms with Crippen LogP contribution in [0.25, 0.3) is 0 Å². The van der Waals surface area contributed by atoms with E-state index in [1.807, 2.05) is 20.8 Å². The molecular weight excluding hydrogens is 294 g/mol. The topological polar surface area (TPSA) is 84.2 Å². The maximum Gasteiger partial charge on any atom is 0.261 e. The van der Waals surface area contributed by atoms with Gasteiger partial charge in [0.15, 0.2) is 0 Å². The molecule has 2 N–H and O–H groups in total. The van der Waals surface area contributed by atoms with Gasteiger partial charge in [-0.25, -0.2) is 0 Å². The Morgan fingerprint density at radius 2 is 1.57 bits per heavy atom. The van der Waals surface area contributed by atoms with E-state index in [0.717, 1.165) is 0 Å². The molecular formula is C17H21N3O3. The van der Waals surface area contributed by atoms with Crippen molar-refractivity contribution in [2.45, 2.75) is 40.0 Å². The van der Waals surface area contributed by atoms with Gasteiger partial charge in [0.05, 0.1) is 0 Å². The van der Waals surface area contributed by atoms with Crippen LogP contribution in [-0.2, 0) is 10.2 Å². The molecule has 1 heterocycles. The Balaban J connectivity index is 2.20. The van der Waals surface area contributed by atoms with E-state index >= 15 is 0 Å². The lowest BCUT2D eigenvalue weighted by Gasteiger charge is -2.16. The van der Waals surface area contributed by atoms with Crippen LogP contribution >= 0.6 is 0 Å². The van der Waals surface area contributed by atoms with Crippen LogP contribution in [0.4, 0.5) is 11.4 Å². The van der Waals surface area contributed by atoms with E-state index in [2.05, 4.69) is 15.8 Å². The van der Waals surface area contributed by atoms with Crippen LogP contribution in [0.2, 0.25) is 0 Å². The zero-order valence-corrected chi connectivity index (χ0v) is 14.0. The Labute approximate surface area is 135 Å². The van der Waals surface area contributed by atoms with E-state index < -0.39 is 0 Å².